The number of fused-ring (bicyclic) bond motifs is 1. The molecule has 0 radical (unpaired) electrons. The number of aromatic hydroxyl groups is 2. The van der Waals surface area contributed by atoms with Crippen molar-refractivity contribution in [2.75, 3.05) is 20.3 Å². The summed E-state index contributed by atoms with van der Waals surface area (Å²) in [6.07, 6.45) is -14.8. The van der Waals surface area contributed by atoms with E-state index < -0.39 is 85.5 Å². The van der Waals surface area contributed by atoms with Crippen molar-refractivity contribution in [2.24, 2.45) is 5.92 Å². The van der Waals surface area contributed by atoms with Crippen molar-refractivity contribution in [3.63, 3.8) is 0 Å². The normalized spacial score (nSPS) is 35.5. The van der Waals surface area contributed by atoms with Crippen LogP contribution >= 0.6 is 0 Å². The van der Waals surface area contributed by atoms with Gasteiger partial charge in [-0.25, -0.2) is 0 Å². The van der Waals surface area contributed by atoms with E-state index in [0.29, 0.717) is 0 Å². The van der Waals surface area contributed by atoms with E-state index in [0.717, 1.165) is 5.56 Å². The molecule has 3 heterocycles. The lowest BCUT2D eigenvalue weighted by atomic mass is 9.89. The summed E-state index contributed by atoms with van der Waals surface area (Å²) >= 11 is 0. The highest BCUT2D eigenvalue weighted by atomic mass is 16.7. The minimum Gasteiger partial charge on any atom is -0.508 e. The first-order chi connectivity index (χ1) is 20.9. The quantitative estimate of drug-likeness (QED) is 0.168. The first-order valence-corrected chi connectivity index (χ1v) is 14.0. The maximum atomic E-state index is 13.4. The summed E-state index contributed by atoms with van der Waals surface area (Å²) in [6.45, 7) is 0.930. The zero-order valence-corrected chi connectivity index (χ0v) is 23.8. The van der Waals surface area contributed by atoms with Crippen LogP contribution in [0, 0.1) is 5.92 Å². The van der Waals surface area contributed by atoms with Gasteiger partial charge in [0, 0.05) is 6.07 Å². The van der Waals surface area contributed by atoms with Crippen molar-refractivity contribution in [3.8, 4) is 28.7 Å². The van der Waals surface area contributed by atoms with Gasteiger partial charge in [-0.1, -0.05) is 12.1 Å². The highest BCUT2D eigenvalue weighted by Gasteiger charge is 2.48. The second-order valence-electron chi connectivity index (χ2n) is 11.0. The molecular formula is C29H36O15. The largest absolute Gasteiger partial charge is 0.508 e. The Balaban J connectivity index is 1.31. The maximum absolute atomic E-state index is 13.4. The third-order valence-electron chi connectivity index (χ3n) is 8.01. The van der Waals surface area contributed by atoms with Gasteiger partial charge in [-0.15, -0.1) is 0 Å². The number of carbonyl (C=O) groups is 1. The number of ketones is 1. The summed E-state index contributed by atoms with van der Waals surface area (Å²) in [7, 11) is 1.21. The maximum Gasteiger partial charge on any atom is 0.229 e. The highest BCUT2D eigenvalue weighted by molar-refractivity contribution is 6.05. The Morgan fingerprint density at radius 3 is 2.20 bits per heavy atom. The van der Waals surface area contributed by atoms with Crippen molar-refractivity contribution in [3.05, 3.63) is 41.5 Å². The molecule has 2 aromatic rings. The number of methoxy groups -OCH3 is 1. The number of phenolic OH excluding ortho intramolecular Hbond substituents is 2. The minimum absolute atomic E-state index is 0.0191. The topological polar surface area (TPSA) is 234 Å². The predicted octanol–water partition coefficient (Wildman–Crippen LogP) is -1.43. The van der Waals surface area contributed by atoms with Gasteiger partial charge in [0.25, 0.3) is 0 Å². The fraction of sp³-hybridized carbons (Fsp3) is 0.552. The molecule has 44 heavy (non-hydrogen) atoms. The molecule has 15 heteroatoms. The first-order valence-electron chi connectivity index (χ1n) is 14.0. The third-order valence-corrected chi connectivity index (χ3v) is 8.01. The number of hydrogen-bond donors (Lipinski definition) is 8. The molecule has 15 nitrogen and oxygen atoms in total. The number of aliphatic hydroxyl groups excluding tert-OH is 6. The summed E-state index contributed by atoms with van der Waals surface area (Å²) in [5.74, 6) is -2.06. The smallest absolute Gasteiger partial charge is 0.229 e. The van der Waals surface area contributed by atoms with Gasteiger partial charge >= 0.3 is 0 Å². The monoisotopic (exact) mass is 624 g/mol. The van der Waals surface area contributed by atoms with Crippen LogP contribution in [0.4, 0.5) is 0 Å². The molecule has 0 saturated carbocycles. The molecule has 0 amide bonds. The van der Waals surface area contributed by atoms with E-state index in [2.05, 4.69) is 0 Å². The van der Waals surface area contributed by atoms with Gasteiger partial charge in [-0.3, -0.25) is 4.79 Å². The number of hydrogen-bond acceptors (Lipinski definition) is 15. The average molecular weight is 625 g/mol. The van der Waals surface area contributed by atoms with Crippen LogP contribution in [-0.2, 0) is 20.6 Å². The van der Waals surface area contributed by atoms with Gasteiger partial charge < -0.3 is 69.3 Å². The highest BCUT2D eigenvalue weighted by Crippen LogP contribution is 2.48. The van der Waals surface area contributed by atoms with Crippen LogP contribution in [0.5, 0.6) is 28.7 Å². The fourth-order valence-corrected chi connectivity index (χ4v) is 5.40. The second-order valence-corrected chi connectivity index (χ2v) is 11.0. The van der Waals surface area contributed by atoms with Crippen LogP contribution in [-0.4, -0.2) is 128 Å². The van der Waals surface area contributed by atoms with E-state index in [1.165, 1.54) is 32.2 Å². The Hall–Kier alpha value is -3.25. The molecule has 5 rings (SSSR count). The van der Waals surface area contributed by atoms with E-state index in [1.54, 1.807) is 12.1 Å². The van der Waals surface area contributed by atoms with E-state index in [4.69, 9.17) is 28.4 Å². The Morgan fingerprint density at radius 1 is 0.864 bits per heavy atom. The molecule has 0 spiro atoms. The van der Waals surface area contributed by atoms with Gasteiger partial charge in [0.15, 0.2) is 23.6 Å². The Morgan fingerprint density at radius 2 is 1.52 bits per heavy atom. The number of phenols is 2. The predicted molar refractivity (Wildman–Crippen MR) is 145 cm³/mol. The number of ether oxygens (including phenoxy) is 6. The number of benzene rings is 2. The summed E-state index contributed by atoms with van der Waals surface area (Å²) in [4.78, 5) is 13.4. The summed E-state index contributed by atoms with van der Waals surface area (Å²) in [6, 6.07) is 7.61. The molecule has 8 N–H and O–H groups in total. The van der Waals surface area contributed by atoms with Crippen molar-refractivity contribution in [1.82, 2.24) is 0 Å². The zero-order chi connectivity index (χ0) is 31.9. The van der Waals surface area contributed by atoms with Gasteiger partial charge in [-0.05, 0) is 31.0 Å². The second kappa shape index (κ2) is 13.0. The molecule has 2 fully saturated rings. The van der Waals surface area contributed by atoms with E-state index in [-0.39, 0.29) is 41.6 Å². The summed E-state index contributed by atoms with van der Waals surface area (Å²) in [5, 5.41) is 82.3. The lowest BCUT2D eigenvalue weighted by molar-refractivity contribution is -0.318. The Labute approximate surface area is 251 Å². The SMILES string of the molecule is COc1c(O[C@@H]2O[C@H](CO[C@@H]3O[C@@H](C)[C@H](O)[C@@H](O)[C@H]3O)[C@@H](O)[C@H](O)[C@H]2O)cc2c(c1O)C(=O)C(Cc1ccc(O)cc1)CO2. The van der Waals surface area contributed by atoms with E-state index in [1.807, 2.05) is 0 Å². The van der Waals surface area contributed by atoms with Gasteiger partial charge in [0.1, 0.15) is 59.8 Å². The van der Waals surface area contributed by atoms with E-state index in [9.17, 15) is 45.6 Å². The third kappa shape index (κ3) is 6.15. The van der Waals surface area contributed by atoms with Crippen LogP contribution < -0.4 is 14.2 Å². The molecule has 0 bridgehead atoms. The van der Waals surface area contributed by atoms with Crippen LogP contribution in [0.1, 0.15) is 22.8 Å². The molecule has 0 aromatic heterocycles. The molecule has 2 aromatic carbocycles. The van der Waals surface area contributed by atoms with Gasteiger partial charge in [0.05, 0.1) is 32.3 Å². The van der Waals surface area contributed by atoms with Crippen LogP contribution in [0.2, 0.25) is 0 Å². The average Bonchev–Trinajstić information content (AvgIpc) is 3.00. The van der Waals surface area contributed by atoms with Gasteiger partial charge in [-0.2, -0.15) is 0 Å². The standard InChI is InChI=1S/C29H36O15/c1-11-19(31)23(35)25(37)28(42-11)41-10-17-21(33)24(36)26(38)29(44-17)43-16-8-15-18(22(34)27(16)39-2)20(32)13(9-40-15)7-12-3-5-14(30)6-4-12/h3-6,8,11,13,17,19,21,23-26,28-31,33-38H,7,9-10H2,1-2H3/t11-,13?,17+,19-,21+,23+,24-,25+,26+,28+,29+/m0/s1. The van der Waals surface area contributed by atoms with Crippen molar-refractivity contribution >= 4 is 5.78 Å². The number of rotatable bonds is 8. The van der Waals surface area contributed by atoms with E-state index >= 15 is 0 Å². The van der Waals surface area contributed by atoms with Crippen molar-refractivity contribution in [2.45, 2.75) is 74.8 Å². The van der Waals surface area contributed by atoms with Crippen LogP contribution in [0.25, 0.3) is 0 Å². The minimum atomic E-state index is -1.80. The van der Waals surface area contributed by atoms with Crippen LogP contribution in [0.3, 0.4) is 0 Å². The lowest BCUT2D eigenvalue weighted by Crippen LogP contribution is -2.61. The number of Topliss-reactive ketones (excluding diaryl/α,β-unsaturated/α-hetero) is 1. The van der Waals surface area contributed by atoms with Crippen molar-refractivity contribution < 1.29 is 74.1 Å². The molecule has 1 unspecified atom stereocenters. The molecule has 2 saturated heterocycles. The zero-order valence-electron chi connectivity index (χ0n) is 23.8. The first kappa shape index (κ1) is 32.2. The summed E-state index contributed by atoms with van der Waals surface area (Å²) in [5.41, 5.74) is 0.638. The van der Waals surface area contributed by atoms with Crippen molar-refractivity contribution in [1.29, 1.82) is 0 Å². The molecule has 3 aliphatic rings. The molecule has 0 aliphatic carbocycles. The fourth-order valence-electron chi connectivity index (χ4n) is 5.40. The Kier molecular flexibility index (Phi) is 9.50. The molecule has 11 atom stereocenters. The molecule has 242 valence electrons. The molecular weight excluding hydrogens is 588 g/mol. The molecule has 3 aliphatic heterocycles. The lowest BCUT2D eigenvalue weighted by Gasteiger charge is -2.42. The van der Waals surface area contributed by atoms with Gasteiger partial charge in [0.2, 0.25) is 12.0 Å². The van der Waals surface area contributed by atoms with Crippen LogP contribution in [0.15, 0.2) is 30.3 Å². The number of carbonyl (C=O) groups excluding carboxylic acids is 1. The summed E-state index contributed by atoms with van der Waals surface area (Å²) < 4.78 is 33.4. The Bertz CT molecular complexity index is 1320. The number of aliphatic hydroxyl groups is 6.